The van der Waals surface area contributed by atoms with Crippen LogP contribution in [0.5, 0.6) is 0 Å². The zero-order valence-electron chi connectivity index (χ0n) is 13.2. The molecule has 1 aromatic heterocycles. The van der Waals surface area contributed by atoms with Crippen molar-refractivity contribution in [3.8, 4) is 0 Å². The summed E-state index contributed by atoms with van der Waals surface area (Å²) >= 11 is 0. The van der Waals surface area contributed by atoms with Gasteiger partial charge in [-0.25, -0.2) is 0 Å². The molecule has 1 aliphatic carbocycles. The Balaban J connectivity index is 1.84. The van der Waals surface area contributed by atoms with E-state index in [1.54, 1.807) is 6.08 Å². The predicted molar refractivity (Wildman–Crippen MR) is 81.9 cm³/mol. The molecule has 1 aliphatic heterocycles. The molecule has 0 aromatic carbocycles. The summed E-state index contributed by atoms with van der Waals surface area (Å²) in [7, 11) is 0. The standard InChI is InChI=1S/C17H23NO4/c1-4-8-21-16-14-5-6-15(16)20-9-7-18(14)17(19)13-10-11(2)22-12(13)3/h4,10,14-16H,1,5-9H2,2-3H3/t14-,15-,16-/m1/s1. The van der Waals surface area contributed by atoms with Crippen LogP contribution in [0.1, 0.15) is 34.7 Å². The van der Waals surface area contributed by atoms with Gasteiger partial charge in [0.1, 0.15) is 17.6 Å². The minimum absolute atomic E-state index is 0.0118. The number of fused-ring (bicyclic) bond motifs is 2. The second kappa shape index (κ2) is 6.26. The van der Waals surface area contributed by atoms with E-state index in [0.29, 0.717) is 31.1 Å². The molecule has 0 radical (unpaired) electrons. The first kappa shape index (κ1) is 15.3. The molecule has 120 valence electrons. The number of rotatable bonds is 4. The van der Waals surface area contributed by atoms with Crippen molar-refractivity contribution in [2.24, 2.45) is 0 Å². The number of amides is 1. The minimum atomic E-state index is -0.0715. The molecule has 3 rings (SSSR count). The molecule has 0 unspecified atom stereocenters. The van der Waals surface area contributed by atoms with E-state index in [-0.39, 0.29) is 24.2 Å². The lowest BCUT2D eigenvalue weighted by Crippen LogP contribution is -2.46. The molecule has 0 N–H and O–H groups in total. The van der Waals surface area contributed by atoms with E-state index in [0.717, 1.165) is 18.6 Å². The lowest BCUT2D eigenvalue weighted by atomic mass is 10.1. The number of ether oxygens (including phenoxy) is 2. The SMILES string of the molecule is C=CCO[C@@H]1[C@H]2CC[C@H]1OCCN2C(=O)c1cc(C)oc1C. The molecule has 2 heterocycles. The Morgan fingerprint density at radius 2 is 2.32 bits per heavy atom. The van der Waals surface area contributed by atoms with E-state index in [4.69, 9.17) is 13.9 Å². The smallest absolute Gasteiger partial charge is 0.257 e. The highest BCUT2D eigenvalue weighted by Gasteiger charge is 2.45. The Kier molecular flexibility index (Phi) is 4.36. The summed E-state index contributed by atoms with van der Waals surface area (Å²) in [5, 5.41) is 0. The Bertz CT molecular complexity index is 565. The maximum atomic E-state index is 12.9. The van der Waals surface area contributed by atoms with Crippen molar-refractivity contribution in [1.82, 2.24) is 4.90 Å². The number of carbonyl (C=O) groups is 1. The van der Waals surface area contributed by atoms with E-state index in [1.165, 1.54) is 0 Å². The van der Waals surface area contributed by atoms with Gasteiger partial charge in [-0.15, -0.1) is 6.58 Å². The molecule has 3 atom stereocenters. The number of hydrogen-bond acceptors (Lipinski definition) is 4. The van der Waals surface area contributed by atoms with Crippen molar-refractivity contribution in [2.75, 3.05) is 19.8 Å². The van der Waals surface area contributed by atoms with Crippen LogP contribution in [0.15, 0.2) is 23.1 Å². The van der Waals surface area contributed by atoms with Gasteiger partial charge in [-0.05, 0) is 32.8 Å². The van der Waals surface area contributed by atoms with Crippen LogP contribution in [0.2, 0.25) is 0 Å². The summed E-state index contributed by atoms with van der Waals surface area (Å²) in [4.78, 5) is 14.8. The van der Waals surface area contributed by atoms with Gasteiger partial charge in [-0.2, -0.15) is 0 Å². The zero-order chi connectivity index (χ0) is 15.7. The highest BCUT2D eigenvalue weighted by atomic mass is 16.5. The summed E-state index contributed by atoms with van der Waals surface area (Å²) in [6.45, 7) is 9.01. The third-order valence-corrected chi connectivity index (χ3v) is 4.50. The highest BCUT2D eigenvalue weighted by molar-refractivity contribution is 5.95. The molecule has 2 fully saturated rings. The first-order chi connectivity index (χ1) is 10.6. The second-order valence-corrected chi connectivity index (χ2v) is 5.97. The van der Waals surface area contributed by atoms with Crippen LogP contribution >= 0.6 is 0 Å². The second-order valence-electron chi connectivity index (χ2n) is 5.97. The third-order valence-electron chi connectivity index (χ3n) is 4.50. The molecule has 0 spiro atoms. The first-order valence-electron chi connectivity index (χ1n) is 7.84. The Labute approximate surface area is 130 Å². The number of nitrogens with zero attached hydrogens (tertiary/aromatic N) is 1. The minimum Gasteiger partial charge on any atom is -0.466 e. The monoisotopic (exact) mass is 305 g/mol. The Hall–Kier alpha value is -1.59. The maximum Gasteiger partial charge on any atom is 0.257 e. The van der Waals surface area contributed by atoms with Gasteiger partial charge in [0.05, 0.1) is 30.9 Å². The number of aryl methyl sites for hydroxylation is 2. The first-order valence-corrected chi connectivity index (χ1v) is 7.84. The molecule has 5 heteroatoms. The van der Waals surface area contributed by atoms with Crippen LogP contribution in [0, 0.1) is 13.8 Å². The van der Waals surface area contributed by atoms with Crippen LogP contribution in [-0.4, -0.2) is 48.8 Å². The maximum absolute atomic E-state index is 12.9. The van der Waals surface area contributed by atoms with Gasteiger partial charge in [0.25, 0.3) is 5.91 Å². The summed E-state index contributed by atoms with van der Waals surface area (Å²) < 4.78 is 17.3. The average molecular weight is 305 g/mol. The number of carbonyl (C=O) groups excluding carboxylic acids is 1. The normalized spacial score (nSPS) is 27.7. The van der Waals surface area contributed by atoms with E-state index >= 15 is 0 Å². The van der Waals surface area contributed by atoms with Crippen molar-refractivity contribution in [3.05, 3.63) is 35.8 Å². The van der Waals surface area contributed by atoms with E-state index < -0.39 is 0 Å². The van der Waals surface area contributed by atoms with Crippen LogP contribution < -0.4 is 0 Å². The van der Waals surface area contributed by atoms with Crippen molar-refractivity contribution in [3.63, 3.8) is 0 Å². The van der Waals surface area contributed by atoms with Crippen molar-refractivity contribution < 1.29 is 18.7 Å². The Morgan fingerprint density at radius 3 is 3.00 bits per heavy atom. The van der Waals surface area contributed by atoms with E-state index in [9.17, 15) is 4.79 Å². The van der Waals surface area contributed by atoms with Gasteiger partial charge in [-0.1, -0.05) is 6.08 Å². The van der Waals surface area contributed by atoms with E-state index in [1.807, 2.05) is 24.8 Å². The molecular weight excluding hydrogens is 282 g/mol. The van der Waals surface area contributed by atoms with Gasteiger partial charge in [0.2, 0.25) is 0 Å². The summed E-state index contributed by atoms with van der Waals surface area (Å²) in [6.07, 6.45) is 3.58. The van der Waals surface area contributed by atoms with Gasteiger partial charge in [0, 0.05) is 6.54 Å². The third kappa shape index (κ3) is 2.71. The quantitative estimate of drug-likeness (QED) is 0.802. The molecular formula is C17H23NO4. The molecule has 1 saturated heterocycles. The van der Waals surface area contributed by atoms with Crippen molar-refractivity contribution >= 4 is 5.91 Å². The van der Waals surface area contributed by atoms with Gasteiger partial charge >= 0.3 is 0 Å². The predicted octanol–water partition coefficient (Wildman–Crippen LogP) is 2.47. The summed E-state index contributed by atoms with van der Waals surface area (Å²) in [6, 6.07) is 1.88. The molecule has 1 amide bonds. The highest BCUT2D eigenvalue weighted by Crippen LogP contribution is 2.33. The molecule has 22 heavy (non-hydrogen) atoms. The largest absolute Gasteiger partial charge is 0.466 e. The average Bonchev–Trinajstić information content (AvgIpc) is 2.95. The summed E-state index contributed by atoms with van der Waals surface area (Å²) in [5.41, 5.74) is 0.644. The fourth-order valence-corrected chi connectivity index (χ4v) is 3.54. The number of hydrogen-bond donors (Lipinski definition) is 0. The van der Waals surface area contributed by atoms with Gasteiger partial charge < -0.3 is 18.8 Å². The Morgan fingerprint density at radius 1 is 1.50 bits per heavy atom. The lowest BCUT2D eigenvalue weighted by Gasteiger charge is -2.31. The fraction of sp³-hybridized carbons (Fsp3) is 0.588. The topological polar surface area (TPSA) is 51.9 Å². The van der Waals surface area contributed by atoms with Crippen molar-refractivity contribution in [2.45, 2.75) is 44.9 Å². The zero-order valence-corrected chi connectivity index (χ0v) is 13.2. The summed E-state index contributed by atoms with van der Waals surface area (Å²) in [5.74, 6) is 1.44. The van der Waals surface area contributed by atoms with Gasteiger partial charge in [-0.3, -0.25) is 4.79 Å². The van der Waals surface area contributed by atoms with Crippen LogP contribution in [-0.2, 0) is 9.47 Å². The molecule has 2 aliphatic rings. The van der Waals surface area contributed by atoms with Crippen LogP contribution in [0.4, 0.5) is 0 Å². The molecule has 1 saturated carbocycles. The molecule has 2 bridgehead atoms. The lowest BCUT2D eigenvalue weighted by molar-refractivity contribution is -0.0434. The van der Waals surface area contributed by atoms with Gasteiger partial charge in [0.15, 0.2) is 0 Å². The fourth-order valence-electron chi connectivity index (χ4n) is 3.54. The van der Waals surface area contributed by atoms with Crippen LogP contribution in [0.25, 0.3) is 0 Å². The number of furan rings is 1. The molecule has 1 aromatic rings. The van der Waals surface area contributed by atoms with Crippen LogP contribution in [0.3, 0.4) is 0 Å². The van der Waals surface area contributed by atoms with Crippen molar-refractivity contribution in [1.29, 1.82) is 0 Å². The van der Waals surface area contributed by atoms with E-state index in [2.05, 4.69) is 6.58 Å². The molecule has 5 nitrogen and oxygen atoms in total.